The van der Waals surface area contributed by atoms with Gasteiger partial charge in [-0.1, -0.05) is 264 Å². The fourth-order valence-electron chi connectivity index (χ4n) is 14.8. The summed E-state index contributed by atoms with van der Waals surface area (Å²) in [6.07, 6.45) is 38.2. The van der Waals surface area contributed by atoms with Gasteiger partial charge in [0.1, 0.15) is 5.75 Å². The summed E-state index contributed by atoms with van der Waals surface area (Å²) in [7, 11) is 1.79. The highest BCUT2D eigenvalue weighted by atomic mass is 79.9. The van der Waals surface area contributed by atoms with E-state index >= 15 is 0 Å². The number of hydrogen-bond donors (Lipinski definition) is 0. The van der Waals surface area contributed by atoms with Crippen LogP contribution in [0.25, 0.3) is 44.5 Å². The van der Waals surface area contributed by atoms with Crippen molar-refractivity contribution in [1.29, 1.82) is 0 Å². The van der Waals surface area contributed by atoms with E-state index < -0.39 is 0 Å². The first kappa shape index (κ1) is 56.1. The SMILES string of the molecule is CCCCCCC1(CCCCCC)c2cc(Br)ccc2-c2c1c1c(c3c2C(CCCCCC)(CCCCCC)c2cc(-c4ccc(OC)cc4)ccc2-3)C(CCCCCC)(CCCCCC)c2cc(Br)ccc2-1. The molecule has 3 heteroatoms. The van der Waals surface area contributed by atoms with Gasteiger partial charge in [-0.2, -0.15) is 0 Å². The maximum absolute atomic E-state index is 5.72. The maximum Gasteiger partial charge on any atom is 0.118 e. The van der Waals surface area contributed by atoms with Crippen LogP contribution in [0.15, 0.2) is 87.8 Å². The van der Waals surface area contributed by atoms with Crippen LogP contribution in [0.5, 0.6) is 5.75 Å². The third kappa shape index (κ3) is 11.2. The van der Waals surface area contributed by atoms with Gasteiger partial charge in [0, 0.05) is 25.2 Å². The molecule has 0 amide bonds. The second-order valence-electron chi connectivity index (χ2n) is 23.2. The minimum atomic E-state index is -0.107. The van der Waals surface area contributed by atoms with Crippen LogP contribution >= 0.6 is 31.9 Å². The molecule has 5 aromatic rings. The molecule has 0 aliphatic heterocycles. The van der Waals surface area contributed by atoms with Crippen molar-refractivity contribution < 1.29 is 4.74 Å². The number of fused-ring (bicyclic) bond motifs is 12. The molecule has 0 saturated heterocycles. The summed E-state index contributed by atoms with van der Waals surface area (Å²) in [4.78, 5) is 0. The number of benzene rings is 5. The minimum absolute atomic E-state index is 0.0704. The number of ether oxygens (including phenoxy) is 1. The first-order chi connectivity index (χ1) is 35.7. The standard InChI is InChI=1S/C70H94Br2O/c1-8-14-20-26-42-68(43-27-21-15-9-2)59-48-52(51-32-37-55(73-7)38-33-51)34-39-56(59)62-65(68)63-57-40-35-53(71)49-60(57)70(46-30-24-18-12-5,47-31-25-19-13-6)67(63)64-58-41-36-54(72)50-61(58)69(66(62)64,44-28-22-16-10-3)45-29-23-17-11-4/h32-41,48-50H,8-31,42-47H2,1-7H3. The molecule has 0 saturated carbocycles. The van der Waals surface area contributed by atoms with E-state index in [9.17, 15) is 0 Å². The predicted octanol–water partition coefficient (Wildman–Crippen LogP) is 23.5. The van der Waals surface area contributed by atoms with Crippen molar-refractivity contribution in [2.24, 2.45) is 0 Å². The van der Waals surface area contributed by atoms with Crippen LogP contribution in [0, 0.1) is 0 Å². The largest absolute Gasteiger partial charge is 0.497 e. The van der Waals surface area contributed by atoms with Gasteiger partial charge in [0.15, 0.2) is 0 Å². The Bertz CT molecular complexity index is 2530. The third-order valence-corrected chi connectivity index (χ3v) is 19.4. The molecule has 0 spiro atoms. The van der Waals surface area contributed by atoms with E-state index in [1.807, 2.05) is 0 Å². The second-order valence-corrected chi connectivity index (χ2v) is 25.1. The van der Waals surface area contributed by atoms with Crippen molar-refractivity contribution in [2.75, 3.05) is 7.11 Å². The lowest BCUT2D eigenvalue weighted by molar-refractivity contribution is 0.389. The molecule has 0 radical (unpaired) electrons. The molecule has 0 fully saturated rings. The molecule has 3 aliphatic rings. The number of unbranched alkanes of at least 4 members (excludes halogenated alkanes) is 18. The third-order valence-electron chi connectivity index (χ3n) is 18.4. The van der Waals surface area contributed by atoms with Crippen LogP contribution in [0.3, 0.4) is 0 Å². The van der Waals surface area contributed by atoms with Crippen molar-refractivity contribution in [3.05, 3.63) is 121 Å². The molecular weight excluding hydrogens is 1020 g/mol. The molecule has 0 bridgehead atoms. The van der Waals surface area contributed by atoms with E-state index in [0.717, 1.165) is 5.75 Å². The number of hydrogen-bond acceptors (Lipinski definition) is 1. The van der Waals surface area contributed by atoms with Crippen LogP contribution in [0.1, 0.15) is 268 Å². The highest BCUT2D eigenvalue weighted by molar-refractivity contribution is 9.10. The van der Waals surface area contributed by atoms with E-state index in [2.05, 4.69) is 152 Å². The molecule has 394 valence electrons. The summed E-state index contributed by atoms with van der Waals surface area (Å²) in [6, 6.07) is 32.1. The number of rotatable bonds is 32. The van der Waals surface area contributed by atoms with Gasteiger partial charge in [-0.15, -0.1) is 0 Å². The minimum Gasteiger partial charge on any atom is -0.497 e. The van der Waals surface area contributed by atoms with Crippen LogP contribution in [-0.4, -0.2) is 7.11 Å². The molecular formula is C70H94Br2O. The average Bonchev–Trinajstić information content (AvgIpc) is 3.95. The zero-order chi connectivity index (χ0) is 51.4. The van der Waals surface area contributed by atoms with E-state index in [0.29, 0.717) is 0 Å². The molecule has 0 atom stereocenters. The fraction of sp³-hybridized carbons (Fsp3) is 0.571. The van der Waals surface area contributed by atoms with Gasteiger partial charge in [0.25, 0.3) is 0 Å². The molecule has 8 rings (SSSR count). The van der Waals surface area contributed by atoms with Gasteiger partial charge in [0.2, 0.25) is 0 Å². The molecule has 0 heterocycles. The molecule has 0 N–H and O–H groups in total. The smallest absolute Gasteiger partial charge is 0.118 e. The molecule has 73 heavy (non-hydrogen) atoms. The Hall–Kier alpha value is -3.14. The summed E-state index contributed by atoms with van der Waals surface area (Å²) in [5.74, 6) is 0.920. The Morgan fingerprint density at radius 1 is 0.329 bits per heavy atom. The summed E-state index contributed by atoms with van der Waals surface area (Å²) < 4.78 is 8.20. The van der Waals surface area contributed by atoms with Crippen LogP contribution < -0.4 is 4.74 Å². The van der Waals surface area contributed by atoms with E-state index in [1.54, 1.807) is 73.9 Å². The topological polar surface area (TPSA) is 9.23 Å². The van der Waals surface area contributed by atoms with E-state index in [-0.39, 0.29) is 16.2 Å². The number of methoxy groups -OCH3 is 1. The summed E-state index contributed by atoms with van der Waals surface area (Å²) in [5, 5.41) is 0. The monoisotopic (exact) mass is 1110 g/mol. The Morgan fingerprint density at radius 2 is 0.616 bits per heavy atom. The molecule has 1 nitrogen and oxygen atoms in total. The molecule has 5 aromatic carbocycles. The summed E-state index contributed by atoms with van der Waals surface area (Å²) in [5.41, 5.74) is 22.2. The average molecular weight is 1110 g/mol. The normalized spacial score (nSPS) is 15.0. The predicted molar refractivity (Wildman–Crippen MR) is 325 cm³/mol. The summed E-state index contributed by atoms with van der Waals surface area (Å²) in [6.45, 7) is 14.4. The van der Waals surface area contributed by atoms with Gasteiger partial charge >= 0.3 is 0 Å². The Morgan fingerprint density at radius 3 is 0.918 bits per heavy atom. The Kier molecular flexibility index (Phi) is 20.2. The molecule has 3 aliphatic carbocycles. The zero-order valence-corrected chi connectivity index (χ0v) is 50.1. The van der Waals surface area contributed by atoms with Crippen molar-refractivity contribution in [3.63, 3.8) is 0 Å². The number of halogens is 2. The lowest BCUT2D eigenvalue weighted by Crippen LogP contribution is -2.31. The van der Waals surface area contributed by atoms with Crippen LogP contribution in [0.4, 0.5) is 0 Å². The van der Waals surface area contributed by atoms with Gasteiger partial charge in [-0.05, 0) is 159 Å². The van der Waals surface area contributed by atoms with Crippen molar-refractivity contribution in [1.82, 2.24) is 0 Å². The highest BCUT2D eigenvalue weighted by Crippen LogP contribution is 2.72. The van der Waals surface area contributed by atoms with E-state index in [4.69, 9.17) is 4.74 Å². The van der Waals surface area contributed by atoms with Crippen molar-refractivity contribution in [2.45, 2.75) is 250 Å². The first-order valence-corrected chi connectivity index (χ1v) is 32.0. The molecule has 0 unspecified atom stereocenters. The van der Waals surface area contributed by atoms with Gasteiger partial charge in [-0.3, -0.25) is 0 Å². The zero-order valence-electron chi connectivity index (χ0n) is 46.9. The van der Waals surface area contributed by atoms with Crippen molar-refractivity contribution >= 4 is 31.9 Å². The van der Waals surface area contributed by atoms with Crippen molar-refractivity contribution in [3.8, 4) is 50.3 Å². The first-order valence-electron chi connectivity index (χ1n) is 30.4. The van der Waals surface area contributed by atoms with Crippen LogP contribution in [-0.2, 0) is 16.2 Å². The lowest BCUT2D eigenvalue weighted by atomic mass is 9.63. The van der Waals surface area contributed by atoms with Crippen LogP contribution in [0.2, 0.25) is 0 Å². The van der Waals surface area contributed by atoms with Gasteiger partial charge in [-0.25, -0.2) is 0 Å². The Balaban J connectivity index is 1.58. The lowest BCUT2D eigenvalue weighted by Gasteiger charge is -2.40. The fourth-order valence-corrected chi connectivity index (χ4v) is 15.6. The van der Waals surface area contributed by atoms with Gasteiger partial charge < -0.3 is 4.74 Å². The molecule has 0 aromatic heterocycles. The maximum atomic E-state index is 5.72. The van der Waals surface area contributed by atoms with Gasteiger partial charge in [0.05, 0.1) is 7.11 Å². The quantitative estimate of drug-likeness (QED) is 0.0390. The Labute approximate surface area is 462 Å². The summed E-state index contributed by atoms with van der Waals surface area (Å²) >= 11 is 8.35. The van der Waals surface area contributed by atoms with E-state index in [1.165, 1.54) is 213 Å². The second kappa shape index (κ2) is 26.3. The highest BCUT2D eigenvalue weighted by Gasteiger charge is 2.57.